The van der Waals surface area contributed by atoms with Crippen molar-refractivity contribution in [2.75, 3.05) is 26.4 Å². The Hall–Kier alpha value is -2.00. The molecule has 0 aliphatic heterocycles. The molecule has 0 amide bonds. The Morgan fingerprint density at radius 1 is 0.588 bits per heavy atom. The smallest absolute Gasteiger partial charge is 0.122 e. The van der Waals surface area contributed by atoms with E-state index in [1.54, 1.807) is 0 Å². The van der Waals surface area contributed by atoms with Crippen molar-refractivity contribution in [3.05, 3.63) is 57.6 Å². The second-order valence-corrected chi connectivity index (χ2v) is 9.49. The molecular weight excluding hydrogens is 420 g/mol. The van der Waals surface area contributed by atoms with Crippen molar-refractivity contribution in [2.24, 2.45) is 0 Å². The maximum atomic E-state index is 6.18. The molecule has 0 saturated carbocycles. The van der Waals surface area contributed by atoms with Gasteiger partial charge in [-0.05, 0) is 96.4 Å². The molecular formula is C31H48O3. The maximum Gasteiger partial charge on any atom is 0.122 e. The van der Waals surface area contributed by atoms with E-state index in [-0.39, 0.29) is 5.41 Å². The van der Waals surface area contributed by atoms with Crippen LogP contribution in [0.1, 0.15) is 94.7 Å². The molecule has 0 aliphatic rings. The van der Waals surface area contributed by atoms with Crippen molar-refractivity contribution in [1.82, 2.24) is 0 Å². The van der Waals surface area contributed by atoms with Gasteiger partial charge in [0.05, 0.1) is 13.2 Å². The van der Waals surface area contributed by atoms with Gasteiger partial charge in [-0.2, -0.15) is 0 Å². The summed E-state index contributed by atoms with van der Waals surface area (Å²) in [7, 11) is 0. The van der Waals surface area contributed by atoms with Crippen molar-refractivity contribution in [2.45, 2.75) is 99.3 Å². The van der Waals surface area contributed by atoms with Crippen molar-refractivity contribution in [3.8, 4) is 11.5 Å². The molecule has 2 aromatic carbocycles. The molecule has 3 heteroatoms. The Labute approximate surface area is 209 Å². The van der Waals surface area contributed by atoms with E-state index >= 15 is 0 Å². The summed E-state index contributed by atoms with van der Waals surface area (Å²) in [6, 6.07) is 9.12. The summed E-state index contributed by atoms with van der Waals surface area (Å²) in [5.41, 5.74) is 8.38. The van der Waals surface area contributed by atoms with Gasteiger partial charge >= 0.3 is 0 Å². The summed E-state index contributed by atoms with van der Waals surface area (Å²) in [5, 5.41) is 0. The molecule has 34 heavy (non-hydrogen) atoms. The third kappa shape index (κ3) is 7.01. The van der Waals surface area contributed by atoms with Gasteiger partial charge in [0.25, 0.3) is 0 Å². The summed E-state index contributed by atoms with van der Waals surface area (Å²) in [5.74, 6) is 2.01. The molecule has 0 heterocycles. The highest BCUT2D eigenvalue weighted by Crippen LogP contribution is 2.37. The fourth-order valence-corrected chi connectivity index (χ4v) is 4.67. The number of benzene rings is 2. The van der Waals surface area contributed by atoms with E-state index < -0.39 is 0 Å². The van der Waals surface area contributed by atoms with E-state index in [9.17, 15) is 0 Å². The summed E-state index contributed by atoms with van der Waals surface area (Å²) < 4.78 is 18.1. The van der Waals surface area contributed by atoms with Crippen molar-refractivity contribution >= 4 is 0 Å². The van der Waals surface area contributed by atoms with E-state index in [1.165, 1.54) is 33.4 Å². The second-order valence-electron chi connectivity index (χ2n) is 9.49. The zero-order valence-corrected chi connectivity index (χ0v) is 23.1. The summed E-state index contributed by atoms with van der Waals surface area (Å²) in [4.78, 5) is 0. The Morgan fingerprint density at radius 2 is 1.06 bits per heavy atom. The first-order valence-corrected chi connectivity index (χ1v) is 13.5. The van der Waals surface area contributed by atoms with Crippen molar-refractivity contribution < 1.29 is 14.2 Å². The molecule has 0 aromatic heterocycles. The van der Waals surface area contributed by atoms with Crippen molar-refractivity contribution in [3.63, 3.8) is 0 Å². The quantitative estimate of drug-likeness (QED) is 0.250. The molecule has 190 valence electrons. The lowest BCUT2D eigenvalue weighted by Crippen LogP contribution is -2.22. The minimum absolute atomic E-state index is 0.226. The summed E-state index contributed by atoms with van der Waals surface area (Å²) in [6.07, 6.45) is 6.30. The molecule has 0 bridgehead atoms. The van der Waals surface area contributed by atoms with Crippen LogP contribution < -0.4 is 9.47 Å². The molecule has 0 fully saturated rings. The molecule has 3 nitrogen and oxygen atoms in total. The standard InChI is InChI=1S/C31H48O3/c1-9-24-21-29(26(11-3)19-23(24)7)33-17-15-32-16-18-34-30-22-25(10-2)28(20-27(30)12-4)31(8,13-5)14-6/h19-22H,9-18H2,1-8H3. The van der Waals surface area contributed by atoms with E-state index in [0.717, 1.165) is 50.0 Å². The number of aryl methyl sites for hydroxylation is 5. The zero-order valence-electron chi connectivity index (χ0n) is 23.1. The molecule has 0 saturated heterocycles. The van der Waals surface area contributed by atoms with Crippen LogP contribution in [0.2, 0.25) is 0 Å². The van der Waals surface area contributed by atoms with Gasteiger partial charge in [-0.3, -0.25) is 0 Å². The molecule has 0 spiro atoms. The number of ether oxygens (including phenoxy) is 3. The summed E-state index contributed by atoms with van der Waals surface area (Å²) >= 11 is 0. The third-order valence-electron chi connectivity index (χ3n) is 7.51. The maximum absolute atomic E-state index is 6.18. The van der Waals surface area contributed by atoms with Crippen LogP contribution in [0, 0.1) is 6.92 Å². The highest BCUT2D eigenvalue weighted by molar-refractivity contribution is 5.46. The Kier molecular flexibility index (Phi) is 11.4. The lowest BCUT2D eigenvalue weighted by molar-refractivity contribution is 0.0759. The van der Waals surface area contributed by atoms with Crippen molar-refractivity contribution in [1.29, 1.82) is 0 Å². The minimum atomic E-state index is 0.226. The van der Waals surface area contributed by atoms with E-state index in [0.29, 0.717) is 26.4 Å². The molecule has 2 aromatic rings. The van der Waals surface area contributed by atoms with Gasteiger partial charge in [0.15, 0.2) is 0 Å². The Morgan fingerprint density at radius 3 is 1.53 bits per heavy atom. The lowest BCUT2D eigenvalue weighted by atomic mass is 9.74. The second kappa shape index (κ2) is 13.8. The molecule has 0 radical (unpaired) electrons. The van der Waals surface area contributed by atoms with E-state index in [2.05, 4.69) is 79.7 Å². The topological polar surface area (TPSA) is 27.7 Å². The first-order chi connectivity index (χ1) is 16.4. The fourth-order valence-electron chi connectivity index (χ4n) is 4.67. The van der Waals surface area contributed by atoms with Gasteiger partial charge in [0, 0.05) is 0 Å². The average molecular weight is 469 g/mol. The van der Waals surface area contributed by atoms with Gasteiger partial charge < -0.3 is 14.2 Å². The van der Waals surface area contributed by atoms with Crippen LogP contribution >= 0.6 is 0 Å². The molecule has 2 rings (SSSR count). The highest BCUT2D eigenvalue weighted by atomic mass is 16.5. The van der Waals surface area contributed by atoms with Crippen LogP contribution in [0.4, 0.5) is 0 Å². The number of rotatable bonds is 15. The van der Waals surface area contributed by atoms with Crippen LogP contribution in [0.5, 0.6) is 11.5 Å². The van der Waals surface area contributed by atoms with Gasteiger partial charge in [0.2, 0.25) is 0 Å². The van der Waals surface area contributed by atoms with Crippen LogP contribution in [-0.2, 0) is 35.8 Å². The van der Waals surface area contributed by atoms with Gasteiger partial charge in [0.1, 0.15) is 24.7 Å². The molecule has 0 atom stereocenters. The normalized spacial score (nSPS) is 11.6. The lowest BCUT2D eigenvalue weighted by Gasteiger charge is -2.31. The van der Waals surface area contributed by atoms with Crippen LogP contribution in [0.15, 0.2) is 24.3 Å². The molecule has 0 N–H and O–H groups in total. The predicted molar refractivity (Wildman–Crippen MR) is 145 cm³/mol. The van der Waals surface area contributed by atoms with Gasteiger partial charge in [-0.1, -0.05) is 60.6 Å². The molecule has 0 aliphatic carbocycles. The zero-order chi connectivity index (χ0) is 25.1. The monoisotopic (exact) mass is 468 g/mol. The van der Waals surface area contributed by atoms with Crippen LogP contribution in [0.3, 0.4) is 0 Å². The average Bonchev–Trinajstić information content (AvgIpc) is 2.87. The highest BCUT2D eigenvalue weighted by Gasteiger charge is 2.26. The predicted octanol–water partition coefficient (Wildman–Crippen LogP) is 7.80. The van der Waals surface area contributed by atoms with Gasteiger partial charge in [-0.25, -0.2) is 0 Å². The SMILES string of the molecule is CCc1cc(OCCOCCOc2cc(CC)c(C(C)(CC)CC)cc2CC)c(CC)cc1C. The summed E-state index contributed by atoms with van der Waals surface area (Å²) in [6.45, 7) is 20.2. The van der Waals surface area contributed by atoms with Crippen LogP contribution in [-0.4, -0.2) is 26.4 Å². The number of hydrogen-bond donors (Lipinski definition) is 0. The fraction of sp³-hybridized carbons (Fsp3) is 0.613. The largest absolute Gasteiger partial charge is 0.491 e. The van der Waals surface area contributed by atoms with Crippen LogP contribution in [0.25, 0.3) is 0 Å². The number of hydrogen-bond acceptors (Lipinski definition) is 3. The molecule has 0 unspecified atom stereocenters. The first kappa shape index (κ1) is 28.2. The third-order valence-corrected chi connectivity index (χ3v) is 7.51. The minimum Gasteiger partial charge on any atom is -0.491 e. The van der Waals surface area contributed by atoms with E-state index in [1.807, 2.05) is 0 Å². The Bertz CT molecular complexity index is 896. The van der Waals surface area contributed by atoms with Gasteiger partial charge in [-0.15, -0.1) is 0 Å². The Balaban J connectivity index is 1.90. The first-order valence-electron chi connectivity index (χ1n) is 13.5. The van der Waals surface area contributed by atoms with E-state index in [4.69, 9.17) is 14.2 Å².